The Kier molecular flexibility index (Phi) is 3.94. The minimum absolute atomic E-state index is 0.0524. The van der Waals surface area contributed by atoms with Crippen molar-refractivity contribution < 1.29 is 9.13 Å². The van der Waals surface area contributed by atoms with Crippen molar-refractivity contribution in [1.29, 1.82) is 0 Å². The zero-order chi connectivity index (χ0) is 13.1. The number of anilines is 1. The van der Waals surface area contributed by atoms with Gasteiger partial charge < -0.3 is 10.5 Å². The molecule has 0 bridgehead atoms. The molecule has 94 valence electrons. The van der Waals surface area contributed by atoms with Gasteiger partial charge in [0.05, 0.1) is 5.69 Å². The first-order chi connectivity index (χ1) is 8.54. The number of nitrogen functional groups attached to an aromatic ring is 1. The molecule has 0 heterocycles. The quantitative estimate of drug-likeness (QED) is 0.854. The molecule has 0 aliphatic rings. The van der Waals surface area contributed by atoms with E-state index >= 15 is 0 Å². The lowest BCUT2D eigenvalue weighted by atomic mass is 10.2. The van der Waals surface area contributed by atoms with E-state index in [-0.39, 0.29) is 12.3 Å². The molecule has 0 radical (unpaired) electrons. The van der Waals surface area contributed by atoms with E-state index in [9.17, 15) is 4.39 Å². The predicted octanol–water partition coefficient (Wildman–Crippen LogP) is 4.29. The molecule has 0 amide bonds. The molecule has 0 fully saturated rings. The Bertz CT molecular complexity index is 555. The Morgan fingerprint density at radius 3 is 2.33 bits per heavy atom. The summed E-state index contributed by atoms with van der Waals surface area (Å²) in [5, 5.41) is 1.08. The molecule has 2 N–H and O–H groups in total. The Hall–Kier alpha value is -1.45. The first-order valence-corrected chi connectivity index (χ1v) is 5.93. The van der Waals surface area contributed by atoms with Crippen LogP contribution in [-0.2, 0) is 6.61 Å². The average molecular weight is 286 g/mol. The van der Waals surface area contributed by atoms with Gasteiger partial charge in [-0.05, 0) is 35.9 Å². The van der Waals surface area contributed by atoms with Gasteiger partial charge in [0.1, 0.15) is 18.2 Å². The van der Waals surface area contributed by atoms with E-state index in [4.69, 9.17) is 33.7 Å². The lowest BCUT2D eigenvalue weighted by Crippen LogP contribution is -1.97. The first-order valence-electron chi connectivity index (χ1n) is 5.17. The molecule has 2 aromatic rings. The van der Waals surface area contributed by atoms with E-state index < -0.39 is 5.82 Å². The monoisotopic (exact) mass is 285 g/mol. The Labute approximate surface area is 114 Å². The molecule has 0 saturated carbocycles. The van der Waals surface area contributed by atoms with Gasteiger partial charge in [0.2, 0.25) is 0 Å². The number of hydrogen-bond acceptors (Lipinski definition) is 2. The normalized spacial score (nSPS) is 10.4. The van der Waals surface area contributed by atoms with Crippen molar-refractivity contribution in [3.63, 3.8) is 0 Å². The zero-order valence-electron chi connectivity index (χ0n) is 9.29. The number of nitrogens with two attached hydrogens (primary N) is 1. The van der Waals surface area contributed by atoms with Crippen molar-refractivity contribution in [2.45, 2.75) is 6.61 Å². The van der Waals surface area contributed by atoms with Gasteiger partial charge >= 0.3 is 0 Å². The summed E-state index contributed by atoms with van der Waals surface area (Å²) in [5.41, 5.74) is 6.32. The van der Waals surface area contributed by atoms with Crippen molar-refractivity contribution >= 4 is 28.9 Å². The van der Waals surface area contributed by atoms with E-state index in [0.717, 1.165) is 5.56 Å². The van der Waals surface area contributed by atoms with Crippen molar-refractivity contribution in [2.75, 3.05) is 5.73 Å². The molecule has 0 aliphatic carbocycles. The summed E-state index contributed by atoms with van der Waals surface area (Å²) >= 11 is 11.7. The largest absolute Gasteiger partial charge is 0.489 e. The molecule has 5 heteroatoms. The summed E-state index contributed by atoms with van der Waals surface area (Å²) in [6.07, 6.45) is 0. The van der Waals surface area contributed by atoms with Gasteiger partial charge in [0.15, 0.2) is 0 Å². The summed E-state index contributed by atoms with van der Waals surface area (Å²) in [6.45, 7) is 0.283. The maximum absolute atomic E-state index is 13.0. The van der Waals surface area contributed by atoms with Crippen LogP contribution < -0.4 is 10.5 Å². The third-order valence-electron chi connectivity index (χ3n) is 2.30. The zero-order valence-corrected chi connectivity index (χ0v) is 10.8. The van der Waals surface area contributed by atoms with Crippen LogP contribution in [-0.4, -0.2) is 0 Å². The van der Waals surface area contributed by atoms with E-state index in [0.29, 0.717) is 15.8 Å². The Morgan fingerprint density at radius 2 is 1.72 bits per heavy atom. The van der Waals surface area contributed by atoms with Crippen LogP contribution in [0, 0.1) is 5.82 Å². The highest BCUT2D eigenvalue weighted by Crippen LogP contribution is 2.22. The van der Waals surface area contributed by atoms with Crippen LogP contribution in [0.25, 0.3) is 0 Å². The van der Waals surface area contributed by atoms with Crippen LogP contribution in [0.2, 0.25) is 10.0 Å². The number of benzene rings is 2. The highest BCUT2D eigenvalue weighted by Gasteiger charge is 2.02. The molecule has 2 rings (SSSR count). The van der Waals surface area contributed by atoms with E-state index in [2.05, 4.69) is 0 Å². The minimum Gasteiger partial charge on any atom is -0.489 e. The fourth-order valence-corrected chi connectivity index (χ4v) is 2.04. The van der Waals surface area contributed by atoms with Crippen LogP contribution >= 0.6 is 23.2 Å². The first kappa shape index (κ1) is 13.0. The van der Waals surface area contributed by atoms with Gasteiger partial charge in [-0.15, -0.1) is 0 Å². The van der Waals surface area contributed by atoms with E-state index in [1.807, 2.05) is 0 Å². The predicted molar refractivity (Wildman–Crippen MR) is 71.6 cm³/mol. The van der Waals surface area contributed by atoms with Gasteiger partial charge in [-0.3, -0.25) is 0 Å². The third kappa shape index (κ3) is 3.28. The maximum Gasteiger partial charge on any atom is 0.146 e. The molecule has 0 spiro atoms. The van der Waals surface area contributed by atoms with Crippen LogP contribution in [0.5, 0.6) is 5.75 Å². The number of ether oxygens (including phenoxy) is 1. The number of halogens is 3. The van der Waals surface area contributed by atoms with E-state index in [1.54, 1.807) is 18.2 Å². The van der Waals surface area contributed by atoms with Crippen molar-refractivity contribution in [3.8, 4) is 5.75 Å². The Morgan fingerprint density at radius 1 is 1.06 bits per heavy atom. The maximum atomic E-state index is 13.0. The molecule has 0 aliphatic heterocycles. The van der Waals surface area contributed by atoms with Gasteiger partial charge in [-0.2, -0.15) is 0 Å². The van der Waals surface area contributed by atoms with Crippen LogP contribution in [0.15, 0.2) is 36.4 Å². The molecule has 2 nitrogen and oxygen atoms in total. The Balaban J connectivity index is 2.08. The number of hydrogen-bond donors (Lipinski definition) is 1. The van der Waals surface area contributed by atoms with Crippen molar-refractivity contribution in [1.82, 2.24) is 0 Å². The number of rotatable bonds is 3. The third-order valence-corrected chi connectivity index (χ3v) is 2.73. The van der Waals surface area contributed by atoms with Gasteiger partial charge in [0.25, 0.3) is 0 Å². The molecule has 0 atom stereocenters. The summed E-state index contributed by atoms with van der Waals surface area (Å²) in [4.78, 5) is 0. The highest BCUT2D eigenvalue weighted by atomic mass is 35.5. The molecular weight excluding hydrogens is 276 g/mol. The second-order valence-electron chi connectivity index (χ2n) is 3.75. The van der Waals surface area contributed by atoms with Gasteiger partial charge in [0, 0.05) is 16.1 Å². The second-order valence-corrected chi connectivity index (χ2v) is 4.62. The summed E-state index contributed by atoms with van der Waals surface area (Å²) in [5.74, 6) is 0.0261. The summed E-state index contributed by atoms with van der Waals surface area (Å²) in [7, 11) is 0. The smallest absolute Gasteiger partial charge is 0.146 e. The average Bonchev–Trinajstić information content (AvgIpc) is 2.29. The van der Waals surface area contributed by atoms with Crippen molar-refractivity contribution in [3.05, 3.63) is 57.8 Å². The summed E-state index contributed by atoms with van der Waals surface area (Å²) < 4.78 is 18.4. The molecule has 18 heavy (non-hydrogen) atoms. The molecule has 0 aromatic heterocycles. The lowest BCUT2D eigenvalue weighted by Gasteiger charge is -2.08. The minimum atomic E-state index is -0.465. The van der Waals surface area contributed by atoms with Crippen LogP contribution in [0.3, 0.4) is 0 Å². The molecule has 0 unspecified atom stereocenters. The fraction of sp³-hybridized carbons (Fsp3) is 0.0769. The lowest BCUT2D eigenvalue weighted by molar-refractivity contribution is 0.306. The fourth-order valence-electron chi connectivity index (χ4n) is 1.47. The van der Waals surface area contributed by atoms with Crippen molar-refractivity contribution in [2.24, 2.45) is 0 Å². The van der Waals surface area contributed by atoms with Gasteiger partial charge in [-0.1, -0.05) is 23.2 Å². The van der Waals surface area contributed by atoms with Gasteiger partial charge in [-0.25, -0.2) is 4.39 Å². The molecular formula is C13H10Cl2FNO. The molecule has 2 aromatic carbocycles. The topological polar surface area (TPSA) is 35.2 Å². The molecule has 0 saturated heterocycles. The SMILES string of the molecule is Nc1cc(OCc2cc(Cl)cc(Cl)c2)ccc1F. The van der Waals surface area contributed by atoms with E-state index in [1.165, 1.54) is 18.2 Å². The highest BCUT2D eigenvalue weighted by molar-refractivity contribution is 6.34. The van der Waals surface area contributed by atoms with Crippen LogP contribution in [0.1, 0.15) is 5.56 Å². The second kappa shape index (κ2) is 5.46. The standard InChI is InChI=1S/C13H10Cl2FNO/c14-9-3-8(4-10(15)5-9)7-18-11-1-2-12(16)13(17)6-11/h1-6H,7,17H2. The van der Waals surface area contributed by atoms with Crippen LogP contribution in [0.4, 0.5) is 10.1 Å². The summed E-state index contributed by atoms with van der Waals surface area (Å²) in [6, 6.07) is 9.35.